The van der Waals surface area contributed by atoms with Gasteiger partial charge in [-0.3, -0.25) is 4.79 Å². The van der Waals surface area contributed by atoms with E-state index in [1.807, 2.05) is 6.07 Å². The van der Waals surface area contributed by atoms with Crippen LogP contribution in [0.15, 0.2) is 35.9 Å². The number of benzene rings is 2. The molecule has 0 aromatic heterocycles. The second-order valence-corrected chi connectivity index (χ2v) is 6.04. The summed E-state index contributed by atoms with van der Waals surface area (Å²) in [5.41, 5.74) is 0.616. The highest BCUT2D eigenvalue weighted by Gasteiger charge is 2.15. The number of ether oxygens (including phenoxy) is 3. The molecule has 8 heteroatoms. The summed E-state index contributed by atoms with van der Waals surface area (Å²) in [6, 6.07) is 9.71. The van der Waals surface area contributed by atoms with Gasteiger partial charge in [0.2, 0.25) is 0 Å². The Labute approximate surface area is 166 Å². The number of hydrogen-bond acceptors (Lipinski definition) is 5. The highest BCUT2D eigenvalue weighted by atomic mass is 35.5. The van der Waals surface area contributed by atoms with E-state index in [9.17, 15) is 10.1 Å². The number of nitrogens with zero attached hydrogens (tertiary/aromatic N) is 1. The van der Waals surface area contributed by atoms with Crippen molar-refractivity contribution < 1.29 is 19.0 Å². The van der Waals surface area contributed by atoms with Crippen molar-refractivity contribution in [3.8, 4) is 23.3 Å². The topological polar surface area (TPSA) is 80.6 Å². The van der Waals surface area contributed by atoms with Crippen molar-refractivity contribution in [2.24, 2.45) is 0 Å². The third-order valence-electron chi connectivity index (χ3n) is 3.58. The number of nitrogens with one attached hydrogen (secondary N) is 1. The number of carbonyl (C=O) groups excluding carboxylic acids is 1. The number of amides is 1. The molecule has 0 atom stereocenters. The largest absolute Gasteiger partial charge is 0.496 e. The van der Waals surface area contributed by atoms with Gasteiger partial charge < -0.3 is 19.5 Å². The fourth-order valence-corrected chi connectivity index (χ4v) is 2.59. The summed E-state index contributed by atoms with van der Waals surface area (Å²) in [6.45, 7) is 0. The standard InChI is InChI=1S/C19H16Cl2N2O4/c1-25-16-9-18(27-3)17(26-2)7-11(16)6-12(10-22)19(24)23-15-8-13(20)4-5-14(15)21/h4-9H,1-3H3,(H,23,24)/b12-6+. The smallest absolute Gasteiger partial charge is 0.266 e. The molecule has 2 rings (SSSR count). The van der Waals surface area contributed by atoms with E-state index in [4.69, 9.17) is 37.4 Å². The van der Waals surface area contributed by atoms with Gasteiger partial charge in [-0.2, -0.15) is 5.26 Å². The van der Waals surface area contributed by atoms with Crippen molar-refractivity contribution in [1.29, 1.82) is 5.26 Å². The molecular weight excluding hydrogens is 391 g/mol. The first-order valence-electron chi connectivity index (χ1n) is 7.61. The normalized spacial score (nSPS) is 10.7. The number of halogens is 2. The molecule has 0 heterocycles. The van der Waals surface area contributed by atoms with Crippen LogP contribution in [0.5, 0.6) is 17.2 Å². The number of nitriles is 1. The Morgan fingerprint density at radius 1 is 1.04 bits per heavy atom. The minimum Gasteiger partial charge on any atom is -0.496 e. The van der Waals surface area contributed by atoms with Crippen LogP contribution in [0.25, 0.3) is 6.08 Å². The second kappa shape index (κ2) is 9.17. The highest BCUT2D eigenvalue weighted by molar-refractivity contribution is 6.36. The molecule has 2 aromatic rings. The molecule has 0 aliphatic heterocycles. The maximum atomic E-state index is 12.5. The zero-order chi connectivity index (χ0) is 20.0. The Morgan fingerprint density at radius 3 is 2.26 bits per heavy atom. The van der Waals surface area contributed by atoms with E-state index in [2.05, 4.69) is 5.32 Å². The fraction of sp³-hybridized carbons (Fsp3) is 0.158. The van der Waals surface area contributed by atoms with Crippen LogP contribution < -0.4 is 19.5 Å². The quantitative estimate of drug-likeness (QED) is 0.561. The van der Waals surface area contributed by atoms with Crippen LogP contribution in [0.2, 0.25) is 10.0 Å². The van der Waals surface area contributed by atoms with Gasteiger partial charge in [0.15, 0.2) is 11.5 Å². The van der Waals surface area contributed by atoms with Gasteiger partial charge in [-0.25, -0.2) is 0 Å². The zero-order valence-electron chi connectivity index (χ0n) is 14.8. The fourth-order valence-electron chi connectivity index (χ4n) is 2.25. The Bertz CT molecular complexity index is 936. The molecule has 0 aliphatic carbocycles. The summed E-state index contributed by atoms with van der Waals surface area (Å²) in [5.74, 6) is 0.660. The number of hydrogen-bond donors (Lipinski definition) is 1. The lowest BCUT2D eigenvalue weighted by molar-refractivity contribution is -0.112. The average molecular weight is 407 g/mol. The van der Waals surface area contributed by atoms with E-state index >= 15 is 0 Å². The van der Waals surface area contributed by atoms with Crippen molar-refractivity contribution in [2.75, 3.05) is 26.6 Å². The molecule has 0 aliphatic rings. The van der Waals surface area contributed by atoms with Crippen LogP contribution >= 0.6 is 23.2 Å². The van der Waals surface area contributed by atoms with Crippen LogP contribution in [0, 0.1) is 11.3 Å². The Morgan fingerprint density at radius 2 is 1.67 bits per heavy atom. The SMILES string of the molecule is COc1cc(OC)c(OC)cc1/C=C(\C#N)C(=O)Nc1cc(Cl)ccc1Cl. The molecule has 1 amide bonds. The summed E-state index contributed by atoms with van der Waals surface area (Å²) in [5, 5.41) is 12.7. The molecule has 0 radical (unpaired) electrons. The molecule has 6 nitrogen and oxygen atoms in total. The molecule has 0 unspecified atom stereocenters. The van der Waals surface area contributed by atoms with Gasteiger partial charge >= 0.3 is 0 Å². The summed E-state index contributed by atoms with van der Waals surface area (Å²) in [6.07, 6.45) is 1.38. The van der Waals surface area contributed by atoms with Crippen molar-refractivity contribution in [1.82, 2.24) is 0 Å². The molecule has 0 bridgehead atoms. The van der Waals surface area contributed by atoms with Gasteiger partial charge in [-0.05, 0) is 30.3 Å². The van der Waals surface area contributed by atoms with Crippen molar-refractivity contribution in [2.45, 2.75) is 0 Å². The minimum absolute atomic E-state index is 0.156. The Hall–Kier alpha value is -2.88. The Kier molecular flexibility index (Phi) is 6.94. The van der Waals surface area contributed by atoms with Crippen LogP contribution in [0.3, 0.4) is 0 Å². The maximum Gasteiger partial charge on any atom is 0.266 e. The maximum absolute atomic E-state index is 12.5. The first-order valence-corrected chi connectivity index (χ1v) is 8.37. The summed E-state index contributed by atoms with van der Waals surface area (Å²) in [7, 11) is 4.45. The number of anilines is 1. The van der Waals surface area contributed by atoms with E-state index in [1.165, 1.54) is 33.5 Å². The van der Waals surface area contributed by atoms with Gasteiger partial charge in [0.05, 0.1) is 32.0 Å². The molecule has 0 saturated heterocycles. The van der Waals surface area contributed by atoms with E-state index in [0.29, 0.717) is 38.5 Å². The first-order chi connectivity index (χ1) is 12.9. The monoisotopic (exact) mass is 406 g/mol. The lowest BCUT2D eigenvalue weighted by atomic mass is 10.1. The van der Waals surface area contributed by atoms with Crippen LogP contribution in [0.1, 0.15) is 5.56 Å². The second-order valence-electron chi connectivity index (χ2n) is 5.20. The number of carbonyl (C=O) groups is 1. The van der Waals surface area contributed by atoms with E-state index < -0.39 is 5.91 Å². The van der Waals surface area contributed by atoms with Gasteiger partial charge in [0, 0.05) is 16.7 Å². The molecular formula is C19H16Cl2N2O4. The molecule has 0 fully saturated rings. The van der Waals surface area contributed by atoms with E-state index in [1.54, 1.807) is 24.3 Å². The van der Waals surface area contributed by atoms with E-state index in [0.717, 1.165) is 0 Å². The minimum atomic E-state index is -0.640. The molecule has 140 valence electrons. The van der Waals surface area contributed by atoms with Crippen molar-refractivity contribution >= 4 is 40.9 Å². The first kappa shape index (κ1) is 20.4. The van der Waals surface area contributed by atoms with Crippen LogP contribution in [0.4, 0.5) is 5.69 Å². The van der Waals surface area contributed by atoms with Crippen LogP contribution in [-0.2, 0) is 4.79 Å². The predicted molar refractivity (Wildman–Crippen MR) is 105 cm³/mol. The third-order valence-corrected chi connectivity index (χ3v) is 4.14. The van der Waals surface area contributed by atoms with Crippen molar-refractivity contribution in [3.63, 3.8) is 0 Å². The van der Waals surface area contributed by atoms with Gasteiger partial charge in [-0.15, -0.1) is 0 Å². The van der Waals surface area contributed by atoms with Gasteiger partial charge in [-0.1, -0.05) is 23.2 Å². The summed E-state index contributed by atoms with van der Waals surface area (Å²) >= 11 is 12.0. The summed E-state index contributed by atoms with van der Waals surface area (Å²) in [4.78, 5) is 12.5. The number of methoxy groups -OCH3 is 3. The summed E-state index contributed by atoms with van der Waals surface area (Å²) < 4.78 is 15.8. The predicted octanol–water partition coefficient (Wildman–Crippen LogP) is 4.56. The lowest BCUT2D eigenvalue weighted by Gasteiger charge is -2.12. The van der Waals surface area contributed by atoms with E-state index in [-0.39, 0.29) is 5.57 Å². The lowest BCUT2D eigenvalue weighted by Crippen LogP contribution is -2.13. The van der Waals surface area contributed by atoms with Crippen molar-refractivity contribution in [3.05, 3.63) is 51.5 Å². The molecule has 0 saturated carbocycles. The third kappa shape index (κ3) is 4.85. The molecule has 27 heavy (non-hydrogen) atoms. The molecule has 2 aromatic carbocycles. The number of rotatable bonds is 6. The molecule has 0 spiro atoms. The zero-order valence-corrected chi connectivity index (χ0v) is 16.3. The Balaban J connectivity index is 2.41. The van der Waals surface area contributed by atoms with Gasteiger partial charge in [0.1, 0.15) is 17.4 Å². The highest BCUT2D eigenvalue weighted by Crippen LogP contribution is 2.35. The average Bonchev–Trinajstić information content (AvgIpc) is 2.67. The van der Waals surface area contributed by atoms with Crippen LogP contribution in [-0.4, -0.2) is 27.2 Å². The van der Waals surface area contributed by atoms with Gasteiger partial charge in [0.25, 0.3) is 5.91 Å². The molecule has 1 N–H and O–H groups in total.